The van der Waals surface area contributed by atoms with Crippen LogP contribution in [-0.2, 0) is 9.53 Å². The molecule has 2 N–H and O–H groups in total. The Morgan fingerprint density at radius 2 is 2.40 bits per heavy atom. The lowest BCUT2D eigenvalue weighted by Crippen LogP contribution is -2.50. The third-order valence-corrected chi connectivity index (χ3v) is 5.06. The summed E-state index contributed by atoms with van der Waals surface area (Å²) in [6, 6.07) is -0.174. The summed E-state index contributed by atoms with van der Waals surface area (Å²) in [6.45, 7) is 6.53. The summed E-state index contributed by atoms with van der Waals surface area (Å²) in [5.74, 6) is 1.53. The van der Waals surface area contributed by atoms with E-state index >= 15 is 0 Å². The summed E-state index contributed by atoms with van der Waals surface area (Å²) in [7, 11) is 0. The van der Waals surface area contributed by atoms with Crippen molar-refractivity contribution in [1.29, 1.82) is 0 Å². The van der Waals surface area contributed by atoms with Gasteiger partial charge in [-0.3, -0.25) is 14.8 Å². The van der Waals surface area contributed by atoms with E-state index in [0.717, 1.165) is 25.3 Å². The van der Waals surface area contributed by atoms with Crippen LogP contribution in [0.2, 0.25) is 0 Å². The van der Waals surface area contributed by atoms with Crippen LogP contribution in [0.5, 0.6) is 0 Å². The number of amides is 1. The molecule has 7 nitrogen and oxygen atoms in total. The van der Waals surface area contributed by atoms with Gasteiger partial charge in [-0.2, -0.15) is 5.10 Å². The number of aromatic amines is 1. The van der Waals surface area contributed by atoms with Crippen LogP contribution in [0.1, 0.15) is 56.8 Å². The van der Waals surface area contributed by atoms with Crippen LogP contribution >= 0.6 is 0 Å². The van der Waals surface area contributed by atoms with E-state index in [4.69, 9.17) is 4.74 Å². The van der Waals surface area contributed by atoms with Crippen molar-refractivity contribution in [3.05, 3.63) is 23.3 Å². The van der Waals surface area contributed by atoms with Crippen molar-refractivity contribution in [2.24, 2.45) is 0 Å². The average molecular weight is 347 g/mol. The quantitative estimate of drug-likeness (QED) is 0.768. The Labute approximate surface area is 149 Å². The molecule has 0 saturated carbocycles. The van der Waals surface area contributed by atoms with Crippen molar-refractivity contribution in [1.82, 2.24) is 25.4 Å². The van der Waals surface area contributed by atoms with Gasteiger partial charge in [0.05, 0.1) is 12.6 Å². The zero-order valence-electron chi connectivity index (χ0n) is 15.3. The Bertz CT molecular complexity index is 612. The molecule has 0 unspecified atom stereocenters. The van der Waals surface area contributed by atoms with E-state index in [-0.39, 0.29) is 18.1 Å². The minimum atomic E-state index is -0.179. The first kappa shape index (κ1) is 18.1. The highest BCUT2D eigenvalue weighted by Gasteiger charge is 2.30. The molecule has 1 saturated heterocycles. The zero-order valence-corrected chi connectivity index (χ0v) is 15.3. The maximum atomic E-state index is 12.5. The third kappa shape index (κ3) is 4.89. The van der Waals surface area contributed by atoms with Crippen molar-refractivity contribution in [2.45, 2.75) is 58.1 Å². The first-order valence-electron chi connectivity index (χ1n) is 9.33. The smallest absolute Gasteiger partial charge is 0.237 e. The van der Waals surface area contributed by atoms with Gasteiger partial charge in [0.25, 0.3) is 0 Å². The van der Waals surface area contributed by atoms with Crippen LogP contribution in [0.4, 0.5) is 0 Å². The summed E-state index contributed by atoms with van der Waals surface area (Å²) < 4.78 is 5.77. The minimum absolute atomic E-state index is 0.0863. The molecule has 1 aromatic rings. The van der Waals surface area contributed by atoms with E-state index in [2.05, 4.69) is 31.5 Å². The molecule has 0 radical (unpaired) electrons. The van der Waals surface area contributed by atoms with E-state index in [1.54, 1.807) is 0 Å². The number of H-pyrrole nitrogens is 1. The molecule has 0 bridgehead atoms. The number of rotatable bonds is 6. The molecule has 1 aromatic heterocycles. The van der Waals surface area contributed by atoms with Gasteiger partial charge >= 0.3 is 0 Å². The number of carbonyl (C=O) groups is 1. The van der Waals surface area contributed by atoms with Crippen molar-refractivity contribution < 1.29 is 9.53 Å². The predicted molar refractivity (Wildman–Crippen MR) is 95.0 cm³/mol. The van der Waals surface area contributed by atoms with Crippen LogP contribution in [-0.4, -0.2) is 58.3 Å². The number of morpholine rings is 1. The summed E-state index contributed by atoms with van der Waals surface area (Å²) in [5, 5.41) is 10.1. The Hall–Kier alpha value is -1.73. The molecule has 3 rings (SSSR count). The van der Waals surface area contributed by atoms with Crippen molar-refractivity contribution in [3.63, 3.8) is 0 Å². The normalized spacial score (nSPS) is 23.1. The molecule has 0 spiro atoms. The van der Waals surface area contributed by atoms with Crippen molar-refractivity contribution in [2.75, 3.05) is 26.2 Å². The SMILES string of the molecule is Cc1nc([C@@H]2CN([C@H](C)C(=O)NCCC3=CCCCC3)CCO2)n[nH]1. The van der Waals surface area contributed by atoms with Crippen molar-refractivity contribution >= 4 is 5.91 Å². The molecule has 1 aliphatic heterocycles. The van der Waals surface area contributed by atoms with Crippen LogP contribution in [0.15, 0.2) is 11.6 Å². The molecular weight excluding hydrogens is 318 g/mol. The number of ether oxygens (including phenoxy) is 1. The molecule has 2 atom stereocenters. The van der Waals surface area contributed by atoms with Gasteiger partial charge in [-0.1, -0.05) is 11.6 Å². The largest absolute Gasteiger partial charge is 0.367 e. The highest BCUT2D eigenvalue weighted by atomic mass is 16.5. The number of nitrogens with zero attached hydrogens (tertiary/aromatic N) is 3. The van der Waals surface area contributed by atoms with Gasteiger partial charge in [0.2, 0.25) is 5.91 Å². The lowest BCUT2D eigenvalue weighted by molar-refractivity contribution is -0.129. The van der Waals surface area contributed by atoms with Gasteiger partial charge in [0.15, 0.2) is 5.82 Å². The fraction of sp³-hybridized carbons (Fsp3) is 0.722. The monoisotopic (exact) mass is 347 g/mol. The molecule has 2 heterocycles. The van der Waals surface area contributed by atoms with Crippen molar-refractivity contribution in [3.8, 4) is 0 Å². The summed E-state index contributed by atoms with van der Waals surface area (Å²) in [5.41, 5.74) is 1.49. The van der Waals surface area contributed by atoms with Gasteiger partial charge in [-0.15, -0.1) is 0 Å². The standard InChI is InChI=1S/C18H29N5O2/c1-13(18(24)19-9-8-15-6-4-3-5-7-15)23-10-11-25-16(12-23)17-20-14(2)21-22-17/h6,13,16H,3-5,7-12H2,1-2H3,(H,19,24)(H,20,21,22)/t13-,16+/m1/s1. The highest BCUT2D eigenvalue weighted by Crippen LogP contribution is 2.21. The number of carbonyl (C=O) groups excluding carboxylic acids is 1. The molecule has 2 aliphatic rings. The molecular formula is C18H29N5O2. The number of aromatic nitrogens is 3. The average Bonchev–Trinajstić information content (AvgIpc) is 3.08. The topological polar surface area (TPSA) is 83.1 Å². The molecule has 25 heavy (non-hydrogen) atoms. The van der Waals surface area contributed by atoms with Gasteiger partial charge in [0.1, 0.15) is 11.9 Å². The summed E-state index contributed by atoms with van der Waals surface area (Å²) in [6.07, 6.45) is 8.09. The Kier molecular flexibility index (Phi) is 6.20. The number of nitrogens with one attached hydrogen (secondary N) is 2. The van der Waals surface area contributed by atoms with Crippen LogP contribution in [0.25, 0.3) is 0 Å². The molecule has 1 fully saturated rings. The number of allylic oxidation sites excluding steroid dienone is 1. The maximum absolute atomic E-state index is 12.5. The van der Waals surface area contributed by atoms with Crippen LogP contribution < -0.4 is 5.32 Å². The maximum Gasteiger partial charge on any atom is 0.237 e. The van der Waals surface area contributed by atoms with E-state index in [1.807, 2.05) is 13.8 Å². The van der Waals surface area contributed by atoms with Gasteiger partial charge in [0, 0.05) is 19.6 Å². The van der Waals surface area contributed by atoms with Gasteiger partial charge in [-0.05, 0) is 46.0 Å². The Balaban J connectivity index is 1.46. The van der Waals surface area contributed by atoms with E-state index in [9.17, 15) is 4.79 Å². The first-order valence-corrected chi connectivity index (χ1v) is 9.33. The molecule has 1 aliphatic carbocycles. The third-order valence-electron chi connectivity index (χ3n) is 5.06. The molecule has 7 heteroatoms. The van der Waals surface area contributed by atoms with Crippen LogP contribution in [0.3, 0.4) is 0 Å². The fourth-order valence-corrected chi connectivity index (χ4v) is 3.47. The number of hydrogen-bond acceptors (Lipinski definition) is 5. The Morgan fingerprint density at radius 3 is 3.12 bits per heavy atom. The first-order chi connectivity index (χ1) is 12.1. The molecule has 1 amide bonds. The lowest BCUT2D eigenvalue weighted by atomic mass is 9.97. The Morgan fingerprint density at radius 1 is 1.52 bits per heavy atom. The van der Waals surface area contributed by atoms with E-state index in [0.29, 0.717) is 19.0 Å². The van der Waals surface area contributed by atoms with E-state index < -0.39 is 0 Å². The minimum Gasteiger partial charge on any atom is -0.367 e. The number of hydrogen-bond donors (Lipinski definition) is 2. The second kappa shape index (κ2) is 8.58. The highest BCUT2D eigenvalue weighted by molar-refractivity contribution is 5.81. The lowest BCUT2D eigenvalue weighted by Gasteiger charge is -2.35. The zero-order chi connectivity index (χ0) is 17.6. The van der Waals surface area contributed by atoms with Crippen LogP contribution in [0, 0.1) is 6.92 Å². The van der Waals surface area contributed by atoms with Gasteiger partial charge in [-0.25, -0.2) is 4.98 Å². The van der Waals surface area contributed by atoms with E-state index in [1.165, 1.54) is 31.3 Å². The number of aryl methyl sites for hydroxylation is 1. The molecule has 0 aromatic carbocycles. The second-order valence-corrected chi connectivity index (χ2v) is 6.96. The predicted octanol–water partition coefficient (Wildman–Crippen LogP) is 1.88. The molecule has 138 valence electrons. The summed E-state index contributed by atoms with van der Waals surface area (Å²) in [4.78, 5) is 19.0. The summed E-state index contributed by atoms with van der Waals surface area (Å²) >= 11 is 0. The van der Waals surface area contributed by atoms with Gasteiger partial charge < -0.3 is 10.1 Å². The second-order valence-electron chi connectivity index (χ2n) is 6.96. The fourth-order valence-electron chi connectivity index (χ4n) is 3.47.